The molecule has 2 heterocycles. The Morgan fingerprint density at radius 1 is 1.35 bits per heavy atom. The predicted molar refractivity (Wildman–Crippen MR) is 79.8 cm³/mol. The lowest BCUT2D eigenvalue weighted by Gasteiger charge is -2.26. The van der Waals surface area contributed by atoms with Gasteiger partial charge in [-0.3, -0.25) is 4.79 Å². The first kappa shape index (κ1) is 14.8. The Kier molecular flexibility index (Phi) is 5.32. The first-order valence-corrected chi connectivity index (χ1v) is 7.59. The lowest BCUT2D eigenvalue weighted by atomic mass is 10.1. The van der Waals surface area contributed by atoms with Crippen molar-refractivity contribution < 1.29 is 4.79 Å². The van der Waals surface area contributed by atoms with E-state index in [1.165, 1.54) is 12.8 Å². The summed E-state index contributed by atoms with van der Waals surface area (Å²) in [6, 6.07) is 0.296. The van der Waals surface area contributed by atoms with E-state index in [2.05, 4.69) is 29.1 Å². The van der Waals surface area contributed by atoms with Crippen molar-refractivity contribution in [1.82, 2.24) is 14.9 Å². The van der Waals surface area contributed by atoms with Gasteiger partial charge in [-0.25, -0.2) is 9.97 Å². The van der Waals surface area contributed by atoms with Crippen molar-refractivity contribution in [3.63, 3.8) is 0 Å². The largest absolute Gasteiger partial charge is 0.369 e. The van der Waals surface area contributed by atoms with Gasteiger partial charge in [0.25, 0.3) is 5.91 Å². The molecular weight excluding hydrogens is 252 g/mol. The molecule has 0 spiro atoms. The summed E-state index contributed by atoms with van der Waals surface area (Å²) < 4.78 is 0. The summed E-state index contributed by atoms with van der Waals surface area (Å²) in [5.41, 5.74) is 0.445. The Morgan fingerprint density at radius 3 is 2.90 bits per heavy atom. The van der Waals surface area contributed by atoms with Crippen LogP contribution >= 0.6 is 0 Å². The van der Waals surface area contributed by atoms with Gasteiger partial charge in [-0.1, -0.05) is 19.8 Å². The van der Waals surface area contributed by atoms with Crippen LogP contribution in [0.2, 0.25) is 0 Å². The van der Waals surface area contributed by atoms with Crippen molar-refractivity contribution in [1.29, 1.82) is 0 Å². The highest BCUT2D eigenvalue weighted by Crippen LogP contribution is 2.18. The first-order chi connectivity index (χ1) is 9.72. The molecule has 0 saturated carbocycles. The van der Waals surface area contributed by atoms with E-state index in [0.717, 1.165) is 38.2 Å². The number of hydrogen-bond acceptors (Lipinski definition) is 4. The third kappa shape index (κ3) is 3.68. The minimum atomic E-state index is 0.00828. The fourth-order valence-electron chi connectivity index (χ4n) is 2.51. The van der Waals surface area contributed by atoms with Crippen LogP contribution in [-0.4, -0.2) is 39.9 Å². The standard InChI is InChI=1S/C15H24N4O/c1-3-8-16-14-11-17-13(10-18-14)15(20)19-9-6-4-5-7-12(19)2/h10-12H,3-9H2,1-2H3,(H,16,18). The number of likely N-dealkylation sites (tertiary alicyclic amines) is 1. The molecule has 2 rings (SSSR count). The van der Waals surface area contributed by atoms with Gasteiger partial charge in [-0.15, -0.1) is 0 Å². The fourth-order valence-corrected chi connectivity index (χ4v) is 2.51. The number of aromatic nitrogens is 2. The van der Waals surface area contributed by atoms with Gasteiger partial charge in [0.1, 0.15) is 11.5 Å². The molecule has 1 N–H and O–H groups in total. The number of rotatable bonds is 4. The molecule has 5 nitrogen and oxygen atoms in total. The Bertz CT molecular complexity index is 432. The minimum absolute atomic E-state index is 0.00828. The number of anilines is 1. The minimum Gasteiger partial charge on any atom is -0.369 e. The van der Waals surface area contributed by atoms with E-state index in [0.29, 0.717) is 11.7 Å². The van der Waals surface area contributed by atoms with E-state index in [1.54, 1.807) is 12.4 Å². The van der Waals surface area contributed by atoms with Gasteiger partial charge in [0.05, 0.1) is 12.4 Å². The van der Waals surface area contributed by atoms with E-state index in [1.807, 2.05) is 4.90 Å². The molecule has 0 bridgehead atoms. The summed E-state index contributed by atoms with van der Waals surface area (Å²) in [5, 5.41) is 3.16. The second-order valence-electron chi connectivity index (χ2n) is 5.41. The zero-order valence-electron chi connectivity index (χ0n) is 12.4. The highest BCUT2D eigenvalue weighted by molar-refractivity contribution is 5.92. The van der Waals surface area contributed by atoms with Gasteiger partial charge in [-0.2, -0.15) is 0 Å². The second kappa shape index (κ2) is 7.22. The van der Waals surface area contributed by atoms with E-state index in [4.69, 9.17) is 0 Å². The maximum absolute atomic E-state index is 12.5. The molecule has 0 aromatic carbocycles. The van der Waals surface area contributed by atoms with Crippen LogP contribution in [-0.2, 0) is 0 Å². The molecule has 1 aliphatic rings. The van der Waals surface area contributed by atoms with Crippen LogP contribution in [0.15, 0.2) is 12.4 Å². The molecule has 1 aromatic heterocycles. The highest BCUT2D eigenvalue weighted by atomic mass is 16.2. The maximum atomic E-state index is 12.5. The highest BCUT2D eigenvalue weighted by Gasteiger charge is 2.24. The SMILES string of the molecule is CCCNc1cnc(C(=O)N2CCCCCC2C)cn1. The molecule has 1 fully saturated rings. The van der Waals surface area contributed by atoms with Crippen LogP contribution in [0.25, 0.3) is 0 Å². The van der Waals surface area contributed by atoms with Gasteiger partial charge in [0.15, 0.2) is 0 Å². The van der Waals surface area contributed by atoms with Gasteiger partial charge in [-0.05, 0) is 26.2 Å². The monoisotopic (exact) mass is 276 g/mol. The number of nitrogens with one attached hydrogen (secondary N) is 1. The fraction of sp³-hybridized carbons (Fsp3) is 0.667. The Morgan fingerprint density at radius 2 is 2.20 bits per heavy atom. The van der Waals surface area contributed by atoms with E-state index in [-0.39, 0.29) is 5.91 Å². The molecule has 1 aromatic rings. The number of carbonyl (C=O) groups excluding carboxylic acids is 1. The average Bonchev–Trinajstić information content (AvgIpc) is 2.69. The molecule has 1 unspecified atom stereocenters. The number of carbonyl (C=O) groups is 1. The maximum Gasteiger partial charge on any atom is 0.274 e. The van der Waals surface area contributed by atoms with Crippen molar-refractivity contribution in [2.75, 3.05) is 18.4 Å². The van der Waals surface area contributed by atoms with Crippen molar-refractivity contribution in [2.45, 2.75) is 52.0 Å². The summed E-state index contributed by atoms with van der Waals surface area (Å²) in [7, 11) is 0. The Balaban J connectivity index is 2.04. The molecule has 110 valence electrons. The average molecular weight is 276 g/mol. The number of amides is 1. The van der Waals surface area contributed by atoms with Gasteiger partial charge in [0, 0.05) is 19.1 Å². The van der Waals surface area contributed by atoms with Crippen LogP contribution in [0.1, 0.15) is 56.4 Å². The van der Waals surface area contributed by atoms with Gasteiger partial charge in [0.2, 0.25) is 0 Å². The zero-order chi connectivity index (χ0) is 14.4. The summed E-state index contributed by atoms with van der Waals surface area (Å²) in [6.45, 7) is 5.91. The normalized spacial score (nSPS) is 19.5. The van der Waals surface area contributed by atoms with E-state index >= 15 is 0 Å². The van der Waals surface area contributed by atoms with Crippen molar-refractivity contribution in [3.05, 3.63) is 18.1 Å². The second-order valence-corrected chi connectivity index (χ2v) is 5.41. The lowest BCUT2D eigenvalue weighted by molar-refractivity contribution is 0.0691. The van der Waals surface area contributed by atoms with Crippen LogP contribution in [0.4, 0.5) is 5.82 Å². The van der Waals surface area contributed by atoms with Crippen LogP contribution in [0, 0.1) is 0 Å². The summed E-state index contributed by atoms with van der Waals surface area (Å²) in [5.74, 6) is 0.737. The molecule has 0 aliphatic carbocycles. The molecule has 5 heteroatoms. The van der Waals surface area contributed by atoms with Crippen LogP contribution < -0.4 is 5.32 Å². The van der Waals surface area contributed by atoms with Crippen molar-refractivity contribution in [2.24, 2.45) is 0 Å². The summed E-state index contributed by atoms with van der Waals surface area (Å²) >= 11 is 0. The molecule has 1 atom stereocenters. The topological polar surface area (TPSA) is 58.1 Å². The van der Waals surface area contributed by atoms with Gasteiger partial charge >= 0.3 is 0 Å². The molecule has 1 aliphatic heterocycles. The zero-order valence-corrected chi connectivity index (χ0v) is 12.4. The third-order valence-electron chi connectivity index (χ3n) is 3.74. The number of nitrogens with zero attached hydrogens (tertiary/aromatic N) is 3. The van der Waals surface area contributed by atoms with Crippen LogP contribution in [0.3, 0.4) is 0 Å². The quantitative estimate of drug-likeness (QED) is 0.918. The lowest BCUT2D eigenvalue weighted by Crippen LogP contribution is -2.38. The first-order valence-electron chi connectivity index (χ1n) is 7.59. The van der Waals surface area contributed by atoms with E-state index in [9.17, 15) is 4.79 Å². The molecular formula is C15H24N4O. The van der Waals surface area contributed by atoms with Gasteiger partial charge < -0.3 is 10.2 Å². The smallest absolute Gasteiger partial charge is 0.274 e. The molecule has 0 radical (unpaired) electrons. The molecule has 1 saturated heterocycles. The molecule has 20 heavy (non-hydrogen) atoms. The Labute approximate surface area is 120 Å². The molecule has 1 amide bonds. The third-order valence-corrected chi connectivity index (χ3v) is 3.74. The van der Waals surface area contributed by atoms with Crippen LogP contribution in [0.5, 0.6) is 0 Å². The van der Waals surface area contributed by atoms with Crippen molar-refractivity contribution in [3.8, 4) is 0 Å². The van der Waals surface area contributed by atoms with Crippen molar-refractivity contribution >= 4 is 11.7 Å². The summed E-state index contributed by atoms with van der Waals surface area (Å²) in [6.07, 6.45) is 8.84. The predicted octanol–water partition coefficient (Wildman–Crippen LogP) is 2.70. The Hall–Kier alpha value is -1.65. The number of hydrogen-bond donors (Lipinski definition) is 1. The summed E-state index contributed by atoms with van der Waals surface area (Å²) in [4.78, 5) is 22.9. The van der Waals surface area contributed by atoms with E-state index < -0.39 is 0 Å².